The molecule has 3 aromatic rings. The summed E-state index contributed by atoms with van der Waals surface area (Å²) in [6.07, 6.45) is 4.72. The number of nitrogens with one attached hydrogen (secondary N) is 1. The van der Waals surface area contributed by atoms with Crippen LogP contribution in [0.3, 0.4) is 0 Å². The van der Waals surface area contributed by atoms with Crippen molar-refractivity contribution in [3.05, 3.63) is 82.0 Å². The number of benzene rings is 1. The molecule has 3 rings (SSSR count). The minimum Gasteiger partial charge on any atom is -0.335 e. The minimum absolute atomic E-state index is 0.0131. The van der Waals surface area contributed by atoms with Gasteiger partial charge in [-0.3, -0.25) is 14.6 Å². The van der Waals surface area contributed by atoms with Crippen LogP contribution in [0.25, 0.3) is 11.4 Å². The molecule has 6 nitrogen and oxygen atoms in total. The standard InChI is InChI=1S/C20H20N4O2/c1-13-6-8-15(9-7-13)18-22-12-17(19(25)23-18)20(26)24(3)14(2)16-5-4-10-21-11-16/h4-12,14H,1-3H3,(H,22,23,25)/t14-/m1/s1. The Kier molecular flexibility index (Phi) is 4.93. The molecule has 0 fully saturated rings. The van der Waals surface area contributed by atoms with Gasteiger partial charge in [0.25, 0.3) is 11.5 Å². The molecule has 1 amide bonds. The van der Waals surface area contributed by atoms with Crippen LogP contribution >= 0.6 is 0 Å². The van der Waals surface area contributed by atoms with Crippen LogP contribution in [-0.4, -0.2) is 32.8 Å². The number of aryl methyl sites for hydroxylation is 1. The van der Waals surface area contributed by atoms with E-state index in [1.807, 2.05) is 50.2 Å². The van der Waals surface area contributed by atoms with Crippen LogP contribution in [0.15, 0.2) is 59.8 Å². The van der Waals surface area contributed by atoms with Gasteiger partial charge in [0.1, 0.15) is 11.4 Å². The Morgan fingerprint density at radius 2 is 1.88 bits per heavy atom. The average molecular weight is 348 g/mol. The summed E-state index contributed by atoms with van der Waals surface area (Å²) in [6, 6.07) is 11.1. The monoisotopic (exact) mass is 348 g/mol. The molecule has 132 valence electrons. The molecule has 1 aromatic carbocycles. The molecule has 2 aromatic heterocycles. The number of amides is 1. The van der Waals surface area contributed by atoms with Gasteiger partial charge in [0, 0.05) is 31.2 Å². The third kappa shape index (κ3) is 3.54. The Bertz CT molecular complexity index is 965. The highest BCUT2D eigenvalue weighted by Gasteiger charge is 2.22. The maximum absolute atomic E-state index is 12.7. The molecule has 2 heterocycles. The number of hydrogen-bond donors (Lipinski definition) is 1. The van der Waals surface area contributed by atoms with Gasteiger partial charge in [-0.1, -0.05) is 35.9 Å². The predicted octanol–water partition coefficient (Wildman–Crippen LogP) is 2.97. The van der Waals surface area contributed by atoms with Crippen LogP contribution in [0, 0.1) is 6.92 Å². The Hall–Kier alpha value is -3.28. The number of hydrogen-bond acceptors (Lipinski definition) is 4. The van der Waals surface area contributed by atoms with Crippen LogP contribution in [0.1, 0.15) is 34.5 Å². The molecule has 0 radical (unpaired) electrons. The first kappa shape index (κ1) is 17.5. The second-order valence-electron chi connectivity index (χ2n) is 6.22. The fraction of sp³-hybridized carbons (Fsp3) is 0.200. The summed E-state index contributed by atoms with van der Waals surface area (Å²) < 4.78 is 0. The Morgan fingerprint density at radius 3 is 2.50 bits per heavy atom. The maximum Gasteiger partial charge on any atom is 0.264 e. The summed E-state index contributed by atoms with van der Waals surface area (Å²) in [7, 11) is 1.66. The van der Waals surface area contributed by atoms with E-state index in [1.165, 1.54) is 11.1 Å². The number of pyridine rings is 1. The normalized spacial score (nSPS) is 11.8. The van der Waals surface area contributed by atoms with Crippen molar-refractivity contribution >= 4 is 5.91 Å². The third-order valence-electron chi connectivity index (χ3n) is 4.42. The lowest BCUT2D eigenvalue weighted by Gasteiger charge is -2.24. The van der Waals surface area contributed by atoms with E-state index < -0.39 is 5.56 Å². The van der Waals surface area contributed by atoms with E-state index in [2.05, 4.69) is 15.0 Å². The van der Waals surface area contributed by atoms with Gasteiger partial charge in [-0.05, 0) is 25.5 Å². The van der Waals surface area contributed by atoms with E-state index in [1.54, 1.807) is 19.4 Å². The van der Waals surface area contributed by atoms with Gasteiger partial charge in [0.15, 0.2) is 0 Å². The highest BCUT2D eigenvalue weighted by Crippen LogP contribution is 2.19. The first-order valence-corrected chi connectivity index (χ1v) is 8.31. The van der Waals surface area contributed by atoms with E-state index in [-0.39, 0.29) is 17.5 Å². The number of aromatic amines is 1. The molecule has 0 bridgehead atoms. The smallest absolute Gasteiger partial charge is 0.264 e. The highest BCUT2D eigenvalue weighted by molar-refractivity contribution is 5.93. The predicted molar refractivity (Wildman–Crippen MR) is 99.8 cm³/mol. The summed E-state index contributed by atoms with van der Waals surface area (Å²) in [4.78, 5) is 37.7. The van der Waals surface area contributed by atoms with Gasteiger partial charge >= 0.3 is 0 Å². The van der Waals surface area contributed by atoms with Crippen molar-refractivity contribution in [3.63, 3.8) is 0 Å². The summed E-state index contributed by atoms with van der Waals surface area (Å²) in [5.41, 5.74) is 2.37. The highest BCUT2D eigenvalue weighted by atomic mass is 16.2. The third-order valence-corrected chi connectivity index (χ3v) is 4.42. The van der Waals surface area contributed by atoms with E-state index >= 15 is 0 Å². The number of carbonyl (C=O) groups excluding carboxylic acids is 1. The Labute approximate surface area is 151 Å². The number of carbonyl (C=O) groups is 1. The first-order valence-electron chi connectivity index (χ1n) is 8.31. The molecule has 26 heavy (non-hydrogen) atoms. The molecular formula is C20H20N4O2. The SMILES string of the molecule is Cc1ccc(-c2ncc(C(=O)N(C)[C@H](C)c3cccnc3)c(=O)[nH]2)cc1. The molecule has 0 saturated carbocycles. The molecule has 0 spiro atoms. The summed E-state index contributed by atoms with van der Waals surface area (Å²) >= 11 is 0. The van der Waals surface area contributed by atoms with Gasteiger partial charge in [-0.15, -0.1) is 0 Å². The summed E-state index contributed by atoms with van der Waals surface area (Å²) in [5, 5.41) is 0. The molecule has 0 aliphatic rings. The summed E-state index contributed by atoms with van der Waals surface area (Å²) in [5.74, 6) is 0.0556. The van der Waals surface area contributed by atoms with Crippen LogP contribution in [0.4, 0.5) is 0 Å². The Balaban J connectivity index is 1.86. The maximum atomic E-state index is 12.7. The van der Waals surface area contributed by atoms with Gasteiger partial charge in [-0.2, -0.15) is 0 Å². The van der Waals surface area contributed by atoms with Crippen molar-refractivity contribution in [1.29, 1.82) is 0 Å². The van der Waals surface area contributed by atoms with E-state index in [0.29, 0.717) is 5.82 Å². The van der Waals surface area contributed by atoms with Crippen LogP contribution in [0.5, 0.6) is 0 Å². The second-order valence-corrected chi connectivity index (χ2v) is 6.22. The number of H-pyrrole nitrogens is 1. The molecule has 1 atom stereocenters. The van der Waals surface area contributed by atoms with Crippen molar-refractivity contribution < 1.29 is 4.79 Å². The Morgan fingerprint density at radius 1 is 1.15 bits per heavy atom. The fourth-order valence-electron chi connectivity index (χ4n) is 2.62. The van der Waals surface area contributed by atoms with Crippen LogP contribution in [-0.2, 0) is 0 Å². The number of aromatic nitrogens is 3. The lowest BCUT2D eigenvalue weighted by molar-refractivity contribution is 0.0740. The molecule has 6 heteroatoms. The van der Waals surface area contributed by atoms with Gasteiger partial charge in [0.2, 0.25) is 0 Å². The van der Waals surface area contributed by atoms with Crippen molar-refractivity contribution in [2.75, 3.05) is 7.05 Å². The van der Waals surface area contributed by atoms with Gasteiger partial charge in [-0.25, -0.2) is 4.98 Å². The lowest BCUT2D eigenvalue weighted by Crippen LogP contribution is -2.34. The molecule has 0 aliphatic heterocycles. The zero-order valence-corrected chi connectivity index (χ0v) is 14.9. The zero-order chi connectivity index (χ0) is 18.7. The van der Waals surface area contributed by atoms with Crippen LogP contribution < -0.4 is 5.56 Å². The minimum atomic E-state index is -0.453. The largest absolute Gasteiger partial charge is 0.335 e. The second kappa shape index (κ2) is 7.31. The van der Waals surface area contributed by atoms with E-state index in [0.717, 1.165) is 16.7 Å². The molecule has 1 N–H and O–H groups in total. The van der Waals surface area contributed by atoms with E-state index in [4.69, 9.17) is 0 Å². The lowest BCUT2D eigenvalue weighted by atomic mass is 10.1. The zero-order valence-electron chi connectivity index (χ0n) is 14.9. The molecular weight excluding hydrogens is 328 g/mol. The van der Waals surface area contributed by atoms with E-state index in [9.17, 15) is 9.59 Å². The molecule has 0 unspecified atom stereocenters. The molecule has 0 saturated heterocycles. The van der Waals surface area contributed by atoms with Crippen molar-refractivity contribution in [1.82, 2.24) is 19.9 Å². The van der Waals surface area contributed by atoms with Gasteiger partial charge in [0.05, 0.1) is 6.04 Å². The quantitative estimate of drug-likeness (QED) is 0.786. The van der Waals surface area contributed by atoms with Crippen molar-refractivity contribution in [2.24, 2.45) is 0 Å². The number of rotatable bonds is 4. The summed E-state index contributed by atoms with van der Waals surface area (Å²) in [6.45, 7) is 3.87. The van der Waals surface area contributed by atoms with Crippen molar-refractivity contribution in [2.45, 2.75) is 19.9 Å². The molecule has 0 aliphatic carbocycles. The average Bonchev–Trinajstić information content (AvgIpc) is 2.67. The number of nitrogens with zero attached hydrogens (tertiary/aromatic N) is 3. The van der Waals surface area contributed by atoms with Crippen LogP contribution in [0.2, 0.25) is 0 Å². The first-order chi connectivity index (χ1) is 12.5. The van der Waals surface area contributed by atoms with Gasteiger partial charge < -0.3 is 9.88 Å². The fourth-order valence-corrected chi connectivity index (χ4v) is 2.62. The van der Waals surface area contributed by atoms with Crippen molar-refractivity contribution in [3.8, 4) is 11.4 Å². The topological polar surface area (TPSA) is 79.0 Å².